The van der Waals surface area contributed by atoms with E-state index in [-0.39, 0.29) is 5.56 Å². The first-order chi connectivity index (χ1) is 7.65. The minimum Gasteiger partial charge on any atom is -0.478 e. The zero-order valence-corrected chi connectivity index (χ0v) is 9.90. The molecule has 16 heavy (non-hydrogen) atoms. The van der Waals surface area contributed by atoms with Crippen molar-refractivity contribution >= 4 is 5.97 Å². The number of nitrogens with zero attached hydrogens (tertiary/aromatic N) is 1. The minimum atomic E-state index is -0.925. The molecule has 0 atom stereocenters. The summed E-state index contributed by atoms with van der Waals surface area (Å²) in [5.41, 5.74) is 0.266. The Balaban J connectivity index is 2.46. The van der Waals surface area contributed by atoms with Crippen LogP contribution in [0.2, 0.25) is 0 Å². The molecular weight excluding hydrogens is 206 g/mol. The van der Waals surface area contributed by atoms with Crippen LogP contribution in [0.5, 0.6) is 0 Å². The number of hydrogen-bond acceptors (Lipinski definition) is 3. The average Bonchev–Trinajstić information content (AvgIpc) is 2.66. The van der Waals surface area contributed by atoms with E-state index in [0.717, 1.165) is 13.0 Å². The molecule has 4 nitrogen and oxygen atoms in total. The van der Waals surface area contributed by atoms with Crippen LogP contribution < -0.4 is 0 Å². The van der Waals surface area contributed by atoms with E-state index in [1.54, 1.807) is 0 Å². The van der Waals surface area contributed by atoms with Crippen LogP contribution in [-0.4, -0.2) is 29.6 Å². The Bertz CT molecular complexity index is 333. The highest BCUT2D eigenvalue weighted by atomic mass is 16.4. The minimum absolute atomic E-state index is 0.266. The van der Waals surface area contributed by atoms with E-state index in [0.29, 0.717) is 12.3 Å². The lowest BCUT2D eigenvalue weighted by Crippen LogP contribution is -2.20. The summed E-state index contributed by atoms with van der Waals surface area (Å²) in [7, 11) is 1.98. The summed E-state index contributed by atoms with van der Waals surface area (Å²) >= 11 is 0. The molecule has 0 aromatic carbocycles. The first-order valence-electron chi connectivity index (χ1n) is 5.63. The van der Waals surface area contributed by atoms with Crippen LogP contribution in [0.25, 0.3) is 0 Å². The number of carboxylic acids is 1. The van der Waals surface area contributed by atoms with Crippen molar-refractivity contribution in [1.29, 1.82) is 0 Å². The molecule has 0 aliphatic rings. The number of rotatable bonds is 7. The number of unbranched alkanes of at least 4 members (excludes halogenated alkanes) is 2. The van der Waals surface area contributed by atoms with Gasteiger partial charge in [-0.3, -0.25) is 4.90 Å². The van der Waals surface area contributed by atoms with Crippen molar-refractivity contribution in [3.8, 4) is 0 Å². The summed E-state index contributed by atoms with van der Waals surface area (Å²) in [4.78, 5) is 12.9. The van der Waals surface area contributed by atoms with Gasteiger partial charge in [-0.2, -0.15) is 0 Å². The van der Waals surface area contributed by atoms with E-state index in [1.165, 1.54) is 25.2 Å². The summed E-state index contributed by atoms with van der Waals surface area (Å²) in [5, 5.41) is 8.90. The number of aromatic carboxylic acids is 1. The van der Waals surface area contributed by atoms with Gasteiger partial charge in [0.05, 0.1) is 12.8 Å². The Morgan fingerprint density at radius 1 is 1.50 bits per heavy atom. The molecule has 1 N–H and O–H groups in total. The Morgan fingerprint density at radius 3 is 2.88 bits per heavy atom. The lowest BCUT2D eigenvalue weighted by atomic mass is 10.2. The van der Waals surface area contributed by atoms with Crippen LogP contribution >= 0.6 is 0 Å². The topological polar surface area (TPSA) is 53.7 Å². The molecule has 1 heterocycles. The maximum absolute atomic E-state index is 10.8. The number of carbonyl (C=O) groups is 1. The number of furan rings is 1. The van der Waals surface area contributed by atoms with E-state index < -0.39 is 5.97 Å². The van der Waals surface area contributed by atoms with E-state index in [4.69, 9.17) is 9.52 Å². The van der Waals surface area contributed by atoms with Gasteiger partial charge in [-0.25, -0.2) is 4.79 Å². The lowest BCUT2D eigenvalue weighted by molar-refractivity contribution is 0.0693. The summed E-state index contributed by atoms with van der Waals surface area (Å²) < 4.78 is 5.18. The largest absolute Gasteiger partial charge is 0.478 e. The quantitative estimate of drug-likeness (QED) is 0.725. The highest BCUT2D eigenvalue weighted by Gasteiger charge is 2.14. The van der Waals surface area contributed by atoms with Gasteiger partial charge in [-0.1, -0.05) is 19.8 Å². The zero-order valence-electron chi connectivity index (χ0n) is 9.90. The summed E-state index contributed by atoms with van der Waals surface area (Å²) in [6, 6.07) is 1.50. The smallest absolute Gasteiger partial charge is 0.339 e. The summed E-state index contributed by atoms with van der Waals surface area (Å²) in [6.45, 7) is 3.68. The van der Waals surface area contributed by atoms with Crippen LogP contribution in [0, 0.1) is 0 Å². The molecule has 0 aliphatic carbocycles. The fourth-order valence-corrected chi connectivity index (χ4v) is 1.61. The van der Waals surface area contributed by atoms with Gasteiger partial charge in [-0.05, 0) is 26.1 Å². The normalized spacial score (nSPS) is 10.9. The van der Waals surface area contributed by atoms with Crippen LogP contribution in [0.1, 0.15) is 42.3 Å². The van der Waals surface area contributed by atoms with Crippen LogP contribution in [0.4, 0.5) is 0 Å². The fraction of sp³-hybridized carbons (Fsp3) is 0.583. The van der Waals surface area contributed by atoms with E-state index >= 15 is 0 Å². The van der Waals surface area contributed by atoms with Crippen molar-refractivity contribution in [2.45, 2.75) is 32.7 Å². The van der Waals surface area contributed by atoms with Gasteiger partial charge in [0.15, 0.2) is 0 Å². The molecule has 1 rings (SSSR count). The van der Waals surface area contributed by atoms with Gasteiger partial charge in [0.1, 0.15) is 11.3 Å². The molecule has 0 fully saturated rings. The third kappa shape index (κ3) is 3.70. The van der Waals surface area contributed by atoms with Crippen molar-refractivity contribution in [2.75, 3.05) is 13.6 Å². The van der Waals surface area contributed by atoms with Gasteiger partial charge in [-0.15, -0.1) is 0 Å². The number of carboxylic acid groups (broad SMARTS) is 1. The van der Waals surface area contributed by atoms with Crippen molar-refractivity contribution < 1.29 is 14.3 Å². The van der Waals surface area contributed by atoms with E-state index in [2.05, 4.69) is 11.8 Å². The maximum atomic E-state index is 10.8. The monoisotopic (exact) mass is 225 g/mol. The van der Waals surface area contributed by atoms with E-state index in [9.17, 15) is 4.79 Å². The van der Waals surface area contributed by atoms with Crippen LogP contribution in [0.15, 0.2) is 16.7 Å². The standard InChI is InChI=1S/C12H19NO3/c1-3-4-5-7-13(2)9-11-10(12(14)15)6-8-16-11/h6,8H,3-5,7,9H2,1-2H3,(H,14,15). The van der Waals surface area contributed by atoms with Crippen molar-refractivity contribution in [3.63, 3.8) is 0 Å². The third-order valence-electron chi connectivity index (χ3n) is 2.53. The molecule has 90 valence electrons. The predicted octanol–water partition coefficient (Wildman–Crippen LogP) is 2.60. The number of hydrogen-bond donors (Lipinski definition) is 1. The van der Waals surface area contributed by atoms with E-state index in [1.807, 2.05) is 7.05 Å². The van der Waals surface area contributed by atoms with Crippen molar-refractivity contribution in [1.82, 2.24) is 4.90 Å². The summed E-state index contributed by atoms with van der Waals surface area (Å²) in [5.74, 6) is -0.391. The van der Waals surface area contributed by atoms with Crippen molar-refractivity contribution in [2.24, 2.45) is 0 Å². The second kappa shape index (κ2) is 6.33. The molecule has 1 aromatic rings. The molecule has 0 bridgehead atoms. The van der Waals surface area contributed by atoms with Gasteiger partial charge in [0.2, 0.25) is 0 Å². The Labute approximate surface area is 95.9 Å². The highest BCUT2D eigenvalue weighted by molar-refractivity contribution is 5.88. The van der Waals surface area contributed by atoms with Gasteiger partial charge >= 0.3 is 5.97 Å². The lowest BCUT2D eigenvalue weighted by Gasteiger charge is -2.14. The second-order valence-corrected chi connectivity index (χ2v) is 4.01. The second-order valence-electron chi connectivity index (χ2n) is 4.01. The molecule has 0 radical (unpaired) electrons. The average molecular weight is 225 g/mol. The Morgan fingerprint density at radius 2 is 2.25 bits per heavy atom. The predicted molar refractivity (Wildman–Crippen MR) is 61.5 cm³/mol. The molecule has 0 saturated carbocycles. The fourth-order valence-electron chi connectivity index (χ4n) is 1.61. The summed E-state index contributed by atoms with van der Waals surface area (Å²) in [6.07, 6.45) is 4.96. The van der Waals surface area contributed by atoms with Crippen molar-refractivity contribution in [3.05, 3.63) is 23.7 Å². The van der Waals surface area contributed by atoms with Crippen LogP contribution in [-0.2, 0) is 6.54 Å². The molecule has 1 aromatic heterocycles. The molecule has 4 heteroatoms. The highest BCUT2D eigenvalue weighted by Crippen LogP contribution is 2.13. The third-order valence-corrected chi connectivity index (χ3v) is 2.53. The molecule has 0 amide bonds. The molecule has 0 saturated heterocycles. The SMILES string of the molecule is CCCCCN(C)Cc1occc1C(=O)O. The molecule has 0 unspecified atom stereocenters. The van der Waals surface area contributed by atoms with Gasteiger partial charge in [0.25, 0.3) is 0 Å². The first kappa shape index (κ1) is 12.8. The zero-order chi connectivity index (χ0) is 12.0. The van der Waals surface area contributed by atoms with Gasteiger partial charge < -0.3 is 9.52 Å². The van der Waals surface area contributed by atoms with Crippen LogP contribution in [0.3, 0.4) is 0 Å². The Hall–Kier alpha value is -1.29. The molecule has 0 spiro atoms. The Kier molecular flexibility index (Phi) is 5.05. The first-order valence-corrected chi connectivity index (χ1v) is 5.63. The molecule has 0 aliphatic heterocycles. The molecular formula is C12H19NO3. The maximum Gasteiger partial charge on any atom is 0.339 e. The van der Waals surface area contributed by atoms with Gasteiger partial charge in [0, 0.05) is 0 Å².